The fraction of sp³-hybridized carbons (Fsp3) is 0.534. The normalized spacial score (nSPS) is 18.5. The highest BCUT2D eigenvalue weighted by Gasteiger charge is 2.46. The van der Waals surface area contributed by atoms with Crippen molar-refractivity contribution in [3.8, 4) is 23.0 Å². The van der Waals surface area contributed by atoms with Gasteiger partial charge in [0.05, 0.1) is 115 Å². The SMILES string of the molecule is C/C=C/C1=CN2C(=O)c3cc(OC)c(OCCCOc4cc5c(cc4OC)C(=O)N4C=C(/C=C/I)C[C@H]4[C@H](O)N5C(=O)OCc4ccc(NC(=O)[C@H](C)NC(=O)[C@@H](NC(=O)CCOCCOCCOCCOCCNC(=O)CC5CCCCCCCCC5)C(C)C)cc4)cc3N=C[C@@H]2C1. The fourth-order valence-electron chi connectivity index (χ4n) is 12.2. The summed E-state index contributed by atoms with van der Waals surface area (Å²) in [4.78, 5) is 103. The van der Waals surface area contributed by atoms with Gasteiger partial charge in [-0.15, -0.1) is 0 Å². The number of hydrogen-bond donors (Lipinski definition) is 5. The largest absolute Gasteiger partial charge is 0.493 e. The Morgan fingerprint density at radius 1 is 0.677 bits per heavy atom. The van der Waals surface area contributed by atoms with Crippen molar-refractivity contribution in [3.05, 3.63) is 111 Å². The second-order valence-electron chi connectivity index (χ2n) is 25.3. The molecule has 0 radical (unpaired) electrons. The lowest BCUT2D eigenvalue weighted by Crippen LogP contribution is -2.53. The van der Waals surface area contributed by atoms with Gasteiger partial charge in [0.2, 0.25) is 23.6 Å². The lowest BCUT2D eigenvalue weighted by molar-refractivity contribution is -0.132. The zero-order valence-electron chi connectivity index (χ0n) is 57.7. The molecule has 25 nitrogen and oxygen atoms in total. The van der Waals surface area contributed by atoms with Gasteiger partial charge in [0.1, 0.15) is 18.7 Å². The average molecular weight is 1490 g/mol. The number of carbonyl (C=O) groups is 7. The van der Waals surface area contributed by atoms with Crippen molar-refractivity contribution in [2.24, 2.45) is 16.8 Å². The molecule has 538 valence electrons. The summed E-state index contributed by atoms with van der Waals surface area (Å²) in [7, 11) is 2.92. The highest BCUT2D eigenvalue weighted by Crippen LogP contribution is 2.43. The quantitative estimate of drug-likeness (QED) is 0.0270. The molecule has 8 rings (SSSR count). The van der Waals surface area contributed by atoms with Crippen molar-refractivity contribution in [3.63, 3.8) is 0 Å². The van der Waals surface area contributed by atoms with Gasteiger partial charge in [-0.25, -0.2) is 9.69 Å². The summed E-state index contributed by atoms with van der Waals surface area (Å²) < 4.78 is 53.8. The van der Waals surface area contributed by atoms with Crippen molar-refractivity contribution >= 4 is 87.4 Å². The molecule has 1 saturated carbocycles. The molecule has 5 atom stereocenters. The molecule has 0 spiro atoms. The van der Waals surface area contributed by atoms with Crippen LogP contribution in [0.2, 0.25) is 0 Å². The van der Waals surface area contributed by atoms with Crippen molar-refractivity contribution < 1.29 is 81.3 Å². The van der Waals surface area contributed by atoms with Crippen molar-refractivity contribution in [2.75, 3.05) is 97.0 Å². The monoisotopic (exact) mass is 1480 g/mol. The van der Waals surface area contributed by atoms with Gasteiger partial charge in [0, 0.05) is 62.2 Å². The molecule has 26 heteroatoms. The third-order valence-corrected chi connectivity index (χ3v) is 17.9. The molecule has 5 aliphatic rings. The number of fused-ring (bicyclic) bond motifs is 4. The third-order valence-electron chi connectivity index (χ3n) is 17.6. The van der Waals surface area contributed by atoms with Gasteiger partial charge in [0.25, 0.3) is 11.8 Å². The topological polar surface area (TPSA) is 293 Å². The number of ether oxygens (including phenoxy) is 9. The molecular formula is C73H97IN8O17. The number of halogens is 1. The number of nitrogens with zero attached hydrogens (tertiary/aromatic N) is 4. The first kappa shape index (κ1) is 76.9. The minimum absolute atomic E-state index is 0.000431. The number of allylic oxidation sites excluding steroid dienone is 3. The first-order chi connectivity index (χ1) is 48.0. The van der Waals surface area contributed by atoms with Crippen LogP contribution in [0.4, 0.5) is 21.9 Å². The Balaban J connectivity index is 0.747. The van der Waals surface area contributed by atoms with Crippen molar-refractivity contribution in [1.29, 1.82) is 0 Å². The van der Waals surface area contributed by atoms with E-state index in [0.717, 1.165) is 28.9 Å². The Bertz CT molecular complexity index is 3380. The molecular weight excluding hydrogens is 1390 g/mol. The van der Waals surface area contributed by atoms with Gasteiger partial charge in [0.15, 0.2) is 29.2 Å². The fourth-order valence-corrected chi connectivity index (χ4v) is 12.7. The van der Waals surface area contributed by atoms with Gasteiger partial charge < -0.3 is 78.8 Å². The van der Waals surface area contributed by atoms with Gasteiger partial charge in [-0.1, -0.05) is 112 Å². The smallest absolute Gasteiger partial charge is 0.416 e. The van der Waals surface area contributed by atoms with E-state index in [9.17, 15) is 38.7 Å². The predicted molar refractivity (Wildman–Crippen MR) is 382 cm³/mol. The molecule has 3 aromatic carbocycles. The van der Waals surface area contributed by atoms with Gasteiger partial charge in [-0.05, 0) is 96.4 Å². The molecule has 4 heterocycles. The van der Waals surface area contributed by atoms with Crippen LogP contribution in [0.5, 0.6) is 23.0 Å². The Hall–Kier alpha value is -7.89. The van der Waals surface area contributed by atoms with E-state index in [1.54, 1.807) is 71.6 Å². The molecule has 3 aromatic rings. The van der Waals surface area contributed by atoms with Crippen molar-refractivity contribution in [1.82, 2.24) is 25.8 Å². The van der Waals surface area contributed by atoms with E-state index in [0.29, 0.717) is 105 Å². The molecule has 7 amide bonds. The Labute approximate surface area is 593 Å². The van der Waals surface area contributed by atoms with E-state index in [4.69, 9.17) is 42.6 Å². The van der Waals surface area contributed by atoms with E-state index in [2.05, 4.69) is 48.9 Å². The molecule has 0 bridgehead atoms. The molecule has 1 fully saturated rings. The standard InChI is InChI=1S/C73H97IN8O17/c1-7-16-52-37-55-44-76-58-42-63(61(91-5)40-56(58)70(87)80(55)45-52)97-27-15-28-98-64-43-59-57(41-62(64)92-6)71(88)81-46-53(23-25-74)38-60(81)72(89)82(59)73(90)99-47-51-19-21-54(22-20-51)78-68(85)49(4)77-69(86)67(48(2)3)79-65(83)24-29-93-31-33-95-35-36-96-34-32-94-30-26-75-66(84)39-50-17-13-11-9-8-10-12-14-18-50/h7,16,19-23,25,40-46,48-50,55,60,67,72,89H,8-15,17-18,24,26-39,47H2,1-6H3,(H,75,84)(H,77,86)(H,78,85)(H,79,83)/b16-7+,25-23+/t49-,55-,60-,67-,72-/m0/s1. The number of methoxy groups -OCH3 is 2. The summed E-state index contributed by atoms with van der Waals surface area (Å²) in [5, 5.41) is 23.3. The average Bonchev–Trinajstić information content (AvgIpc) is 1.63. The highest BCUT2D eigenvalue weighted by molar-refractivity contribution is 14.1. The predicted octanol–water partition coefficient (Wildman–Crippen LogP) is 10.2. The van der Waals surface area contributed by atoms with Gasteiger partial charge in [-0.3, -0.25) is 33.8 Å². The van der Waals surface area contributed by atoms with E-state index < -0.39 is 54.1 Å². The molecule has 0 aromatic heterocycles. The zero-order chi connectivity index (χ0) is 70.6. The van der Waals surface area contributed by atoms with Crippen LogP contribution in [0.15, 0.2) is 99.4 Å². The van der Waals surface area contributed by atoms with Crippen LogP contribution >= 0.6 is 22.6 Å². The minimum atomic E-state index is -1.58. The second-order valence-corrected chi connectivity index (χ2v) is 26.0. The summed E-state index contributed by atoms with van der Waals surface area (Å²) in [5.41, 5.74) is 3.59. The van der Waals surface area contributed by atoms with Crippen LogP contribution in [0.25, 0.3) is 0 Å². The van der Waals surface area contributed by atoms with Crippen molar-refractivity contribution in [2.45, 2.75) is 155 Å². The number of aliphatic hydroxyl groups excluding tert-OH is 1. The summed E-state index contributed by atoms with van der Waals surface area (Å²) in [6.45, 7) is 10.1. The Morgan fingerprint density at radius 3 is 1.91 bits per heavy atom. The Morgan fingerprint density at radius 2 is 1.27 bits per heavy atom. The van der Waals surface area contributed by atoms with Gasteiger partial charge in [-0.2, -0.15) is 0 Å². The second kappa shape index (κ2) is 39.8. The molecule has 0 unspecified atom stereocenters. The number of aliphatic imine (C=N–C) groups is 1. The first-order valence-corrected chi connectivity index (χ1v) is 35.7. The van der Waals surface area contributed by atoms with Crippen LogP contribution in [-0.4, -0.2) is 180 Å². The maximum absolute atomic E-state index is 14.4. The van der Waals surface area contributed by atoms with Crippen LogP contribution in [0, 0.1) is 11.8 Å². The van der Waals surface area contributed by atoms with E-state index in [-0.39, 0.29) is 92.4 Å². The molecule has 99 heavy (non-hydrogen) atoms. The number of aliphatic hydroxyl groups is 1. The number of rotatable bonds is 35. The van der Waals surface area contributed by atoms with Gasteiger partial charge >= 0.3 is 6.09 Å². The number of benzene rings is 3. The van der Waals surface area contributed by atoms with Crippen LogP contribution < -0.4 is 45.1 Å². The lowest BCUT2D eigenvalue weighted by atomic mass is 9.90. The number of carbonyl (C=O) groups excluding carboxylic acids is 7. The zero-order valence-corrected chi connectivity index (χ0v) is 59.9. The number of nitrogens with one attached hydrogen (secondary N) is 4. The van der Waals surface area contributed by atoms with Crippen LogP contribution in [-0.2, 0) is 49.5 Å². The van der Waals surface area contributed by atoms with Crippen LogP contribution in [0.1, 0.15) is 144 Å². The van der Waals surface area contributed by atoms with E-state index >= 15 is 0 Å². The summed E-state index contributed by atoms with van der Waals surface area (Å²) in [6.07, 6.45) is 21.5. The molecule has 4 aliphatic heterocycles. The minimum Gasteiger partial charge on any atom is -0.493 e. The summed E-state index contributed by atoms with van der Waals surface area (Å²) in [6, 6.07) is 9.68. The summed E-state index contributed by atoms with van der Waals surface area (Å²) >= 11 is 2.07. The maximum atomic E-state index is 14.4. The van der Waals surface area contributed by atoms with E-state index in [1.165, 1.54) is 83.1 Å². The summed E-state index contributed by atoms with van der Waals surface area (Å²) in [5.74, 6) is -0.780. The Kier molecular flexibility index (Phi) is 30.9. The maximum Gasteiger partial charge on any atom is 0.416 e. The molecule has 1 aliphatic carbocycles. The number of hydrogen-bond acceptors (Lipinski definition) is 18. The first-order valence-electron chi connectivity index (χ1n) is 34.4. The third kappa shape index (κ3) is 22.6. The lowest BCUT2D eigenvalue weighted by Gasteiger charge is -2.31. The van der Waals surface area contributed by atoms with Crippen LogP contribution in [0.3, 0.4) is 0 Å². The number of anilines is 2. The number of amides is 7. The molecule has 0 saturated heterocycles. The van der Waals surface area contributed by atoms with E-state index in [1.807, 2.05) is 31.4 Å². The highest BCUT2D eigenvalue weighted by atomic mass is 127. The molecule has 5 N–H and O–H groups in total.